The zero-order chi connectivity index (χ0) is 22.8. The van der Waals surface area contributed by atoms with E-state index in [9.17, 15) is 13.2 Å². The van der Waals surface area contributed by atoms with Crippen LogP contribution in [-0.2, 0) is 10.0 Å². The monoisotopic (exact) mass is 445 g/mol. The molecule has 0 spiro atoms. The first-order valence-corrected chi connectivity index (χ1v) is 11.8. The molecule has 0 atom stereocenters. The molecule has 1 heterocycles. The second kappa shape index (κ2) is 9.28. The van der Waals surface area contributed by atoms with Crippen LogP contribution in [-0.4, -0.2) is 59.0 Å². The van der Waals surface area contributed by atoms with Gasteiger partial charge in [-0.15, -0.1) is 0 Å². The Morgan fingerprint density at radius 1 is 1.10 bits per heavy atom. The van der Waals surface area contributed by atoms with Gasteiger partial charge in [-0.2, -0.15) is 0 Å². The van der Waals surface area contributed by atoms with Gasteiger partial charge in [-0.25, -0.2) is 12.7 Å². The number of nitrogens with one attached hydrogen (secondary N) is 1. The topological polar surface area (TPSA) is 79.0 Å². The Morgan fingerprint density at radius 3 is 2.26 bits per heavy atom. The van der Waals surface area contributed by atoms with Crippen LogP contribution in [0.15, 0.2) is 41.3 Å². The third-order valence-corrected chi connectivity index (χ3v) is 7.85. The lowest BCUT2D eigenvalue weighted by Crippen LogP contribution is -2.44. The van der Waals surface area contributed by atoms with Gasteiger partial charge in [-0.3, -0.25) is 4.79 Å². The number of hydrogen-bond acceptors (Lipinski definition) is 5. The number of sulfonamides is 1. The largest absolute Gasteiger partial charge is 0.497 e. The van der Waals surface area contributed by atoms with E-state index in [-0.39, 0.29) is 16.8 Å². The number of amides is 1. The molecule has 1 N–H and O–H groups in total. The molecule has 0 unspecified atom stereocenters. The number of piperidine rings is 1. The van der Waals surface area contributed by atoms with Crippen molar-refractivity contribution in [3.8, 4) is 5.75 Å². The molecule has 0 aliphatic carbocycles. The first kappa shape index (κ1) is 23.1. The number of methoxy groups -OCH3 is 1. The molecule has 0 bridgehead atoms. The van der Waals surface area contributed by atoms with E-state index in [4.69, 9.17) is 4.74 Å². The van der Waals surface area contributed by atoms with E-state index in [2.05, 4.69) is 10.2 Å². The summed E-state index contributed by atoms with van der Waals surface area (Å²) in [6, 6.07) is 11.3. The number of carbonyl (C=O) groups excluding carboxylic acids is 1. The molecule has 1 aliphatic heterocycles. The molecule has 1 amide bonds. The van der Waals surface area contributed by atoms with Crippen LogP contribution in [0, 0.1) is 13.8 Å². The van der Waals surface area contributed by atoms with E-state index in [1.165, 1.54) is 24.5 Å². The summed E-state index contributed by atoms with van der Waals surface area (Å²) in [5.41, 5.74) is 2.96. The highest BCUT2D eigenvalue weighted by Crippen LogP contribution is 2.25. The number of rotatable bonds is 6. The molecule has 1 aliphatic rings. The van der Waals surface area contributed by atoms with Gasteiger partial charge in [0.15, 0.2) is 0 Å². The average molecular weight is 446 g/mol. The fraction of sp³-hybridized carbons (Fsp3) is 0.435. The Balaban J connectivity index is 1.68. The van der Waals surface area contributed by atoms with Crippen molar-refractivity contribution < 1.29 is 17.9 Å². The Bertz CT molecular complexity index is 1040. The van der Waals surface area contributed by atoms with E-state index < -0.39 is 10.0 Å². The molecule has 2 aromatic carbocycles. The number of benzene rings is 2. The van der Waals surface area contributed by atoms with Crippen molar-refractivity contribution in [1.29, 1.82) is 0 Å². The lowest BCUT2D eigenvalue weighted by molar-refractivity contribution is 0.0931. The summed E-state index contributed by atoms with van der Waals surface area (Å²) in [6.07, 6.45) is 1.65. The van der Waals surface area contributed by atoms with Gasteiger partial charge in [0.2, 0.25) is 10.0 Å². The predicted molar refractivity (Wildman–Crippen MR) is 122 cm³/mol. The van der Waals surface area contributed by atoms with Crippen molar-refractivity contribution >= 4 is 21.6 Å². The van der Waals surface area contributed by atoms with Crippen LogP contribution in [0.3, 0.4) is 0 Å². The van der Waals surface area contributed by atoms with E-state index in [0.717, 1.165) is 42.9 Å². The Labute approximate surface area is 185 Å². The zero-order valence-corrected chi connectivity index (χ0v) is 19.6. The van der Waals surface area contributed by atoms with Crippen LogP contribution in [0.1, 0.15) is 34.3 Å². The Kier molecular flexibility index (Phi) is 6.91. The van der Waals surface area contributed by atoms with Crippen LogP contribution in [0.25, 0.3) is 0 Å². The number of anilines is 1. The van der Waals surface area contributed by atoms with E-state index in [1.807, 2.05) is 31.2 Å². The molecule has 0 radical (unpaired) electrons. The molecule has 1 fully saturated rings. The fourth-order valence-electron chi connectivity index (χ4n) is 3.77. The lowest BCUT2D eigenvalue weighted by Gasteiger charge is -2.34. The average Bonchev–Trinajstić information content (AvgIpc) is 2.75. The summed E-state index contributed by atoms with van der Waals surface area (Å²) in [5, 5.41) is 3.09. The number of aryl methyl sites for hydroxylation is 1. The number of nitrogens with zero attached hydrogens (tertiary/aromatic N) is 2. The quantitative estimate of drug-likeness (QED) is 0.740. The standard InChI is InChI=1S/C23H31N3O4S/c1-16-14-18(15-22(17(16)2)31(28,29)25(3)4)23(27)24-19-10-12-26(13-11-19)20-6-8-21(30-5)9-7-20/h6-9,14-15,19H,10-13H2,1-5H3,(H,24,27). The summed E-state index contributed by atoms with van der Waals surface area (Å²) < 4.78 is 31.7. The van der Waals surface area contributed by atoms with Gasteiger partial charge in [-0.05, 0) is 74.2 Å². The van der Waals surface area contributed by atoms with Crippen LogP contribution in [0.4, 0.5) is 5.69 Å². The predicted octanol–water partition coefficient (Wildman–Crippen LogP) is 2.96. The minimum atomic E-state index is -3.62. The molecule has 0 aromatic heterocycles. The normalized spacial score (nSPS) is 15.2. The fourth-order valence-corrected chi connectivity index (χ4v) is 4.98. The molecule has 2 aromatic rings. The van der Waals surface area contributed by atoms with Crippen molar-refractivity contribution in [2.75, 3.05) is 39.2 Å². The van der Waals surface area contributed by atoms with Crippen LogP contribution >= 0.6 is 0 Å². The highest BCUT2D eigenvalue weighted by Gasteiger charge is 2.25. The van der Waals surface area contributed by atoms with Crippen molar-refractivity contribution in [3.05, 3.63) is 53.1 Å². The van der Waals surface area contributed by atoms with Crippen molar-refractivity contribution in [2.45, 2.75) is 37.6 Å². The molecule has 3 rings (SSSR count). The first-order chi connectivity index (χ1) is 14.6. The van der Waals surface area contributed by atoms with Gasteiger partial charge >= 0.3 is 0 Å². The van der Waals surface area contributed by atoms with Gasteiger partial charge in [-0.1, -0.05) is 0 Å². The Hall–Kier alpha value is -2.58. The summed E-state index contributed by atoms with van der Waals surface area (Å²) in [6.45, 7) is 5.27. The van der Waals surface area contributed by atoms with E-state index in [1.54, 1.807) is 20.1 Å². The van der Waals surface area contributed by atoms with Crippen LogP contribution in [0.5, 0.6) is 5.75 Å². The van der Waals surface area contributed by atoms with Gasteiger partial charge in [0.05, 0.1) is 12.0 Å². The minimum Gasteiger partial charge on any atom is -0.497 e. The maximum Gasteiger partial charge on any atom is 0.251 e. The second-order valence-electron chi connectivity index (χ2n) is 8.14. The van der Waals surface area contributed by atoms with Crippen LogP contribution < -0.4 is 15.0 Å². The van der Waals surface area contributed by atoms with Gasteiger partial charge in [0, 0.05) is 44.5 Å². The lowest BCUT2D eigenvalue weighted by atomic mass is 10.0. The maximum absolute atomic E-state index is 12.9. The molecule has 8 heteroatoms. The second-order valence-corrected chi connectivity index (χ2v) is 10.3. The van der Waals surface area contributed by atoms with Crippen molar-refractivity contribution in [2.24, 2.45) is 0 Å². The summed E-state index contributed by atoms with van der Waals surface area (Å²) in [4.78, 5) is 15.4. The number of hydrogen-bond donors (Lipinski definition) is 1. The molecule has 7 nitrogen and oxygen atoms in total. The third-order valence-electron chi connectivity index (χ3n) is 5.91. The SMILES string of the molecule is COc1ccc(N2CCC(NC(=O)c3cc(C)c(C)c(S(=O)(=O)N(C)C)c3)CC2)cc1. The van der Waals surface area contributed by atoms with E-state index >= 15 is 0 Å². The zero-order valence-electron chi connectivity index (χ0n) is 18.8. The third kappa shape index (κ3) is 5.02. The summed E-state index contributed by atoms with van der Waals surface area (Å²) >= 11 is 0. The van der Waals surface area contributed by atoms with Crippen molar-refractivity contribution in [1.82, 2.24) is 9.62 Å². The number of carbonyl (C=O) groups is 1. The Morgan fingerprint density at radius 2 is 1.71 bits per heavy atom. The number of ether oxygens (including phenoxy) is 1. The smallest absolute Gasteiger partial charge is 0.251 e. The van der Waals surface area contributed by atoms with Crippen LogP contribution in [0.2, 0.25) is 0 Å². The molecule has 31 heavy (non-hydrogen) atoms. The molecule has 0 saturated carbocycles. The van der Waals surface area contributed by atoms with Gasteiger partial charge in [0.1, 0.15) is 5.75 Å². The molecule has 1 saturated heterocycles. The molecular weight excluding hydrogens is 414 g/mol. The highest BCUT2D eigenvalue weighted by atomic mass is 32.2. The van der Waals surface area contributed by atoms with E-state index in [0.29, 0.717) is 11.1 Å². The van der Waals surface area contributed by atoms with Gasteiger partial charge < -0.3 is 15.0 Å². The van der Waals surface area contributed by atoms with Gasteiger partial charge in [0.25, 0.3) is 5.91 Å². The first-order valence-electron chi connectivity index (χ1n) is 10.4. The van der Waals surface area contributed by atoms with Crippen molar-refractivity contribution in [3.63, 3.8) is 0 Å². The summed E-state index contributed by atoms with van der Waals surface area (Å²) in [7, 11) is 1.01. The maximum atomic E-state index is 12.9. The highest BCUT2D eigenvalue weighted by molar-refractivity contribution is 7.89. The minimum absolute atomic E-state index is 0.0533. The summed E-state index contributed by atoms with van der Waals surface area (Å²) in [5.74, 6) is 0.594. The molecule has 168 valence electrons. The molecular formula is C23H31N3O4S.